The van der Waals surface area contributed by atoms with Crippen LogP contribution in [-0.4, -0.2) is 18.3 Å². The second kappa shape index (κ2) is 4.98. The molecule has 0 heterocycles. The number of methoxy groups -OCH3 is 1. The number of rotatable bonds is 4. The second-order valence-electron chi connectivity index (χ2n) is 3.58. The van der Waals surface area contributed by atoms with Gasteiger partial charge in [0.25, 0.3) is 0 Å². The molecule has 3 heteroatoms. The highest BCUT2D eigenvalue weighted by Gasteiger charge is 2.04. The molecule has 78 valence electrons. The van der Waals surface area contributed by atoms with Crippen LogP contribution >= 0.6 is 0 Å². The van der Waals surface area contributed by atoms with Crippen molar-refractivity contribution < 1.29 is 9.84 Å². The number of nitrogens with two attached hydrogens (primary N) is 1. The zero-order chi connectivity index (χ0) is 10.6. The molecule has 0 aromatic heterocycles. The zero-order valence-electron chi connectivity index (χ0n) is 8.66. The standard InChI is InChI=1S/C11H17NO2/c1-8(12)5-10-4-3-9(7-14-2)6-11(10)13/h3-4,6,8,13H,5,7,12H2,1-2H3. The van der Waals surface area contributed by atoms with Crippen molar-refractivity contribution >= 4 is 0 Å². The van der Waals surface area contributed by atoms with E-state index >= 15 is 0 Å². The van der Waals surface area contributed by atoms with Crippen LogP contribution in [0.2, 0.25) is 0 Å². The molecule has 0 saturated heterocycles. The second-order valence-corrected chi connectivity index (χ2v) is 3.58. The molecule has 1 aromatic rings. The van der Waals surface area contributed by atoms with Crippen molar-refractivity contribution in [2.24, 2.45) is 5.73 Å². The van der Waals surface area contributed by atoms with Gasteiger partial charge in [-0.25, -0.2) is 0 Å². The van der Waals surface area contributed by atoms with Crippen LogP contribution in [0.5, 0.6) is 5.75 Å². The lowest BCUT2D eigenvalue weighted by molar-refractivity contribution is 0.184. The predicted octanol–water partition coefficient (Wildman–Crippen LogP) is 1.43. The van der Waals surface area contributed by atoms with Crippen LogP contribution in [0.3, 0.4) is 0 Å². The topological polar surface area (TPSA) is 55.5 Å². The molecule has 0 fully saturated rings. The fraction of sp³-hybridized carbons (Fsp3) is 0.455. The SMILES string of the molecule is COCc1ccc(CC(C)N)c(O)c1. The van der Waals surface area contributed by atoms with Gasteiger partial charge in [0.1, 0.15) is 5.75 Å². The fourth-order valence-electron chi connectivity index (χ4n) is 1.39. The lowest BCUT2D eigenvalue weighted by atomic mass is 10.0. The number of phenols is 1. The first-order valence-electron chi connectivity index (χ1n) is 4.68. The van der Waals surface area contributed by atoms with Crippen LogP contribution in [0.1, 0.15) is 18.1 Å². The Balaban J connectivity index is 2.79. The van der Waals surface area contributed by atoms with Crippen LogP contribution in [0.15, 0.2) is 18.2 Å². The van der Waals surface area contributed by atoms with E-state index in [-0.39, 0.29) is 6.04 Å². The van der Waals surface area contributed by atoms with Crippen molar-refractivity contribution in [3.63, 3.8) is 0 Å². The third-order valence-electron chi connectivity index (χ3n) is 2.00. The first-order chi connectivity index (χ1) is 6.63. The van der Waals surface area contributed by atoms with E-state index < -0.39 is 0 Å². The van der Waals surface area contributed by atoms with E-state index in [0.29, 0.717) is 18.8 Å². The van der Waals surface area contributed by atoms with Gasteiger partial charge in [0.2, 0.25) is 0 Å². The number of aromatic hydroxyl groups is 1. The Bertz CT molecular complexity index is 297. The summed E-state index contributed by atoms with van der Waals surface area (Å²) < 4.78 is 4.97. The van der Waals surface area contributed by atoms with Crippen LogP contribution in [-0.2, 0) is 17.8 Å². The Morgan fingerprint density at radius 3 is 2.71 bits per heavy atom. The molecular formula is C11H17NO2. The van der Waals surface area contributed by atoms with Crippen molar-refractivity contribution in [3.8, 4) is 5.75 Å². The quantitative estimate of drug-likeness (QED) is 0.764. The summed E-state index contributed by atoms with van der Waals surface area (Å²) in [6.07, 6.45) is 0.694. The molecule has 3 nitrogen and oxygen atoms in total. The summed E-state index contributed by atoms with van der Waals surface area (Å²) in [6, 6.07) is 5.63. The molecular weight excluding hydrogens is 178 g/mol. The Morgan fingerprint density at radius 2 is 2.21 bits per heavy atom. The van der Waals surface area contributed by atoms with Crippen molar-refractivity contribution in [3.05, 3.63) is 29.3 Å². The van der Waals surface area contributed by atoms with Gasteiger partial charge in [0.05, 0.1) is 6.61 Å². The summed E-state index contributed by atoms with van der Waals surface area (Å²) in [5.74, 6) is 0.303. The minimum atomic E-state index is 0.0641. The van der Waals surface area contributed by atoms with Gasteiger partial charge in [0, 0.05) is 13.2 Å². The monoisotopic (exact) mass is 195 g/mol. The largest absolute Gasteiger partial charge is 0.508 e. The average Bonchev–Trinajstić information content (AvgIpc) is 2.10. The lowest BCUT2D eigenvalue weighted by Gasteiger charge is -2.09. The Labute approximate surface area is 84.5 Å². The molecule has 0 saturated carbocycles. The van der Waals surface area contributed by atoms with E-state index in [1.54, 1.807) is 13.2 Å². The molecule has 1 unspecified atom stereocenters. The average molecular weight is 195 g/mol. The van der Waals surface area contributed by atoms with Gasteiger partial charge >= 0.3 is 0 Å². The first kappa shape index (κ1) is 11.0. The van der Waals surface area contributed by atoms with Gasteiger partial charge in [-0.3, -0.25) is 0 Å². The number of ether oxygens (including phenoxy) is 1. The maximum Gasteiger partial charge on any atom is 0.119 e. The Morgan fingerprint density at radius 1 is 1.50 bits per heavy atom. The molecule has 1 rings (SSSR count). The molecule has 0 bridgehead atoms. The van der Waals surface area contributed by atoms with Crippen molar-refractivity contribution in [1.29, 1.82) is 0 Å². The molecule has 0 amide bonds. The first-order valence-corrected chi connectivity index (χ1v) is 4.68. The van der Waals surface area contributed by atoms with Gasteiger partial charge < -0.3 is 15.6 Å². The molecule has 0 aliphatic rings. The summed E-state index contributed by atoms with van der Waals surface area (Å²) in [6.45, 7) is 2.44. The number of benzene rings is 1. The summed E-state index contributed by atoms with van der Waals surface area (Å²) in [5, 5.41) is 9.66. The number of hydrogen-bond acceptors (Lipinski definition) is 3. The Kier molecular flexibility index (Phi) is 3.92. The summed E-state index contributed by atoms with van der Waals surface area (Å²) in [4.78, 5) is 0. The fourth-order valence-corrected chi connectivity index (χ4v) is 1.39. The molecule has 0 radical (unpaired) electrons. The number of hydrogen-bond donors (Lipinski definition) is 2. The molecule has 1 aromatic carbocycles. The van der Waals surface area contributed by atoms with Crippen molar-refractivity contribution in [2.45, 2.75) is 26.0 Å². The van der Waals surface area contributed by atoms with Crippen molar-refractivity contribution in [1.82, 2.24) is 0 Å². The predicted molar refractivity (Wildman–Crippen MR) is 56.2 cm³/mol. The van der Waals surface area contributed by atoms with E-state index in [0.717, 1.165) is 11.1 Å². The molecule has 3 N–H and O–H groups in total. The van der Waals surface area contributed by atoms with E-state index in [1.165, 1.54) is 0 Å². The maximum absolute atomic E-state index is 9.66. The highest BCUT2D eigenvalue weighted by molar-refractivity contribution is 5.36. The zero-order valence-corrected chi connectivity index (χ0v) is 8.66. The van der Waals surface area contributed by atoms with E-state index in [9.17, 15) is 5.11 Å². The molecule has 0 aliphatic heterocycles. The van der Waals surface area contributed by atoms with Gasteiger partial charge in [-0.15, -0.1) is 0 Å². The van der Waals surface area contributed by atoms with Gasteiger partial charge in [-0.2, -0.15) is 0 Å². The minimum absolute atomic E-state index is 0.0641. The Hall–Kier alpha value is -1.06. The van der Waals surface area contributed by atoms with Gasteiger partial charge in [-0.1, -0.05) is 12.1 Å². The summed E-state index contributed by atoms with van der Waals surface area (Å²) in [5.41, 5.74) is 7.51. The smallest absolute Gasteiger partial charge is 0.119 e. The van der Waals surface area contributed by atoms with Crippen LogP contribution in [0.25, 0.3) is 0 Å². The molecule has 0 aliphatic carbocycles. The maximum atomic E-state index is 9.66. The summed E-state index contributed by atoms with van der Waals surface area (Å²) >= 11 is 0. The van der Waals surface area contributed by atoms with Crippen LogP contribution in [0.4, 0.5) is 0 Å². The van der Waals surface area contributed by atoms with E-state index in [4.69, 9.17) is 10.5 Å². The minimum Gasteiger partial charge on any atom is -0.508 e. The normalized spacial score (nSPS) is 12.8. The van der Waals surface area contributed by atoms with Gasteiger partial charge in [-0.05, 0) is 30.5 Å². The third-order valence-corrected chi connectivity index (χ3v) is 2.00. The van der Waals surface area contributed by atoms with E-state index in [2.05, 4.69) is 0 Å². The van der Waals surface area contributed by atoms with Crippen molar-refractivity contribution in [2.75, 3.05) is 7.11 Å². The van der Waals surface area contributed by atoms with Crippen LogP contribution in [0, 0.1) is 0 Å². The molecule has 1 atom stereocenters. The molecule has 0 spiro atoms. The van der Waals surface area contributed by atoms with Gasteiger partial charge in [0.15, 0.2) is 0 Å². The lowest BCUT2D eigenvalue weighted by Crippen LogP contribution is -2.17. The summed E-state index contributed by atoms with van der Waals surface area (Å²) in [7, 11) is 1.63. The highest BCUT2D eigenvalue weighted by atomic mass is 16.5. The highest BCUT2D eigenvalue weighted by Crippen LogP contribution is 2.20. The third kappa shape index (κ3) is 3.01. The number of phenolic OH excluding ortho intramolecular Hbond substituents is 1. The van der Waals surface area contributed by atoms with E-state index in [1.807, 2.05) is 19.1 Å². The van der Waals surface area contributed by atoms with Crippen LogP contribution < -0.4 is 5.73 Å². The molecule has 14 heavy (non-hydrogen) atoms.